The molecule has 0 unspecified atom stereocenters. The summed E-state index contributed by atoms with van der Waals surface area (Å²) in [5.41, 5.74) is 0.257. The minimum absolute atomic E-state index is 0.00691. The number of halogens is 1. The molecule has 0 aliphatic carbocycles. The van der Waals surface area contributed by atoms with Crippen LogP contribution in [0.5, 0.6) is 0 Å². The van der Waals surface area contributed by atoms with Crippen molar-refractivity contribution < 1.29 is 57.8 Å². The summed E-state index contributed by atoms with van der Waals surface area (Å²) in [7, 11) is -4.42. The lowest BCUT2D eigenvalue weighted by molar-refractivity contribution is -0.133. The molecule has 1 amide bonds. The molecule has 3 fully saturated rings. The largest absolute Gasteiger partial charge is 0.387 e. The number of nitrogens with zero attached hydrogens (tertiary/aromatic N) is 6. The number of carbonyl (C=O) groups is 1. The Kier molecular flexibility index (Phi) is 13.0. The lowest BCUT2D eigenvalue weighted by atomic mass is 10.1. The summed E-state index contributed by atoms with van der Waals surface area (Å²) in [6, 6.07) is -0.0340. The standard InChI is InChI=1S/C28H40ClN6O12P/c1-2-4-42-6-8-44-10-11-45-9-7-43-5-3-22(36)33-14-19-12-18(33)15-34(19)25-20-13-30-35(26(20)32-28(29)31-25)27-24(38)23(37)21(47-27)16-46-17-48(39,40)41/h1,13,18-19,21,23-24,27,37-38H,3-12,14-17H2,(H2,39,40,41)/t18-,19-,21+,23+,24+,27+/m0/s1. The minimum atomic E-state index is -4.42. The van der Waals surface area contributed by atoms with Crippen LogP contribution < -0.4 is 4.90 Å². The van der Waals surface area contributed by atoms with E-state index in [2.05, 4.69) is 25.9 Å². The van der Waals surface area contributed by atoms with Crippen LogP contribution in [0.15, 0.2) is 6.20 Å². The molecule has 266 valence electrons. The first-order valence-electron chi connectivity index (χ1n) is 15.4. The topological polar surface area (TPSA) is 221 Å². The number of fused-ring (bicyclic) bond motifs is 3. The smallest absolute Gasteiger partial charge is 0.350 e. The number of amides is 1. The van der Waals surface area contributed by atoms with E-state index in [9.17, 15) is 19.6 Å². The summed E-state index contributed by atoms with van der Waals surface area (Å²) in [4.78, 5) is 43.7. The van der Waals surface area contributed by atoms with Crippen LogP contribution in [0.2, 0.25) is 5.28 Å². The van der Waals surface area contributed by atoms with Gasteiger partial charge >= 0.3 is 7.60 Å². The van der Waals surface area contributed by atoms with Crippen LogP contribution >= 0.6 is 19.2 Å². The van der Waals surface area contributed by atoms with Gasteiger partial charge in [-0.05, 0) is 18.0 Å². The number of ether oxygens (including phenoxy) is 6. The maximum Gasteiger partial charge on any atom is 0.350 e. The molecule has 5 rings (SSSR count). The Morgan fingerprint density at radius 1 is 1.00 bits per heavy atom. The Morgan fingerprint density at radius 2 is 1.69 bits per heavy atom. The molecule has 48 heavy (non-hydrogen) atoms. The van der Waals surface area contributed by atoms with Crippen molar-refractivity contribution in [2.75, 3.05) is 83.8 Å². The van der Waals surface area contributed by atoms with Gasteiger partial charge in [-0.25, -0.2) is 4.68 Å². The van der Waals surface area contributed by atoms with Gasteiger partial charge < -0.3 is 58.2 Å². The van der Waals surface area contributed by atoms with Crippen LogP contribution in [-0.2, 0) is 37.8 Å². The van der Waals surface area contributed by atoms with Gasteiger partial charge in [0.25, 0.3) is 0 Å². The summed E-state index contributed by atoms with van der Waals surface area (Å²) in [5.74, 6) is 2.91. The van der Waals surface area contributed by atoms with Gasteiger partial charge in [0.2, 0.25) is 11.2 Å². The molecule has 3 aliphatic heterocycles. The van der Waals surface area contributed by atoms with Crippen LogP contribution in [0.4, 0.5) is 5.82 Å². The fourth-order valence-electron chi connectivity index (χ4n) is 5.97. The number of carbonyl (C=O) groups excluding carboxylic acids is 1. The molecule has 3 aliphatic rings. The first kappa shape index (κ1) is 36.8. The first-order chi connectivity index (χ1) is 23.1. The van der Waals surface area contributed by atoms with Crippen LogP contribution in [-0.4, -0.2) is 160 Å². The van der Waals surface area contributed by atoms with Crippen molar-refractivity contribution in [3.8, 4) is 12.3 Å². The number of aliphatic hydroxyl groups excluding tert-OH is 2. The van der Waals surface area contributed by atoms with Gasteiger partial charge in [0, 0.05) is 13.1 Å². The third-order valence-electron chi connectivity index (χ3n) is 8.12. The van der Waals surface area contributed by atoms with E-state index in [-0.39, 0.29) is 55.2 Å². The molecule has 2 bridgehead atoms. The lowest BCUT2D eigenvalue weighted by Crippen LogP contribution is -2.49. The van der Waals surface area contributed by atoms with Crippen molar-refractivity contribution in [2.24, 2.45) is 0 Å². The molecule has 4 N–H and O–H groups in total. The monoisotopic (exact) mass is 718 g/mol. The van der Waals surface area contributed by atoms with Gasteiger partial charge in [0.15, 0.2) is 11.9 Å². The Balaban J connectivity index is 1.08. The van der Waals surface area contributed by atoms with Gasteiger partial charge in [-0.3, -0.25) is 9.36 Å². The Hall–Kier alpha value is -2.50. The molecule has 0 spiro atoms. The Labute approximate surface area is 281 Å². The lowest BCUT2D eigenvalue weighted by Gasteiger charge is -2.35. The van der Waals surface area contributed by atoms with Crippen molar-refractivity contribution in [3.05, 3.63) is 11.5 Å². The molecule has 2 aromatic heterocycles. The number of terminal acetylenes is 1. The Bertz CT molecular complexity index is 1470. The quantitative estimate of drug-likeness (QED) is 0.0600. The summed E-state index contributed by atoms with van der Waals surface area (Å²) in [5, 5.41) is 26.0. The minimum Gasteiger partial charge on any atom is -0.387 e. The number of rotatable bonds is 19. The summed E-state index contributed by atoms with van der Waals surface area (Å²) >= 11 is 6.33. The molecular formula is C28H40ClN6O12P. The molecular weight excluding hydrogens is 679 g/mol. The SMILES string of the molecule is C#CCOCCOCCOCCOCCC(=O)N1C[C@@H]2C[C@H]1CN2c1nc(Cl)nc2c1cnn2[C@@H]1O[C@H](COCP(=O)(O)O)[C@@H](O)[C@H]1O. The zero-order valence-corrected chi connectivity index (χ0v) is 27.7. The second-order valence-electron chi connectivity index (χ2n) is 11.4. The number of likely N-dealkylation sites (tertiary alicyclic amines) is 1. The van der Waals surface area contributed by atoms with E-state index in [4.69, 9.17) is 56.2 Å². The zero-order chi connectivity index (χ0) is 34.3. The second-order valence-corrected chi connectivity index (χ2v) is 13.4. The van der Waals surface area contributed by atoms with Gasteiger partial charge in [-0.15, -0.1) is 6.42 Å². The molecule has 18 nitrogen and oxygen atoms in total. The Morgan fingerprint density at radius 3 is 2.33 bits per heavy atom. The highest BCUT2D eigenvalue weighted by Gasteiger charge is 2.47. The van der Waals surface area contributed by atoms with E-state index in [0.29, 0.717) is 63.9 Å². The third kappa shape index (κ3) is 9.18. The molecule has 6 atom stereocenters. The van der Waals surface area contributed by atoms with Gasteiger partial charge in [-0.1, -0.05) is 5.92 Å². The van der Waals surface area contributed by atoms with Crippen LogP contribution in [0.25, 0.3) is 11.0 Å². The average molecular weight is 719 g/mol. The highest BCUT2D eigenvalue weighted by molar-refractivity contribution is 7.51. The number of hydrogen-bond donors (Lipinski definition) is 4. The van der Waals surface area contributed by atoms with E-state index >= 15 is 0 Å². The number of hydrogen-bond acceptors (Lipinski definition) is 14. The van der Waals surface area contributed by atoms with E-state index < -0.39 is 38.5 Å². The second kappa shape index (κ2) is 16.9. The maximum absolute atomic E-state index is 13.0. The normalized spacial score (nSPS) is 25.4. The summed E-state index contributed by atoms with van der Waals surface area (Å²) in [6.45, 7) is 3.70. The van der Waals surface area contributed by atoms with Crippen molar-refractivity contribution in [1.82, 2.24) is 24.6 Å². The number of piperazine rings is 1. The van der Waals surface area contributed by atoms with Gasteiger partial charge in [0.05, 0.1) is 82.9 Å². The average Bonchev–Trinajstić information content (AvgIpc) is 3.82. The third-order valence-corrected chi connectivity index (χ3v) is 8.81. The number of aromatic nitrogens is 4. The molecule has 3 saturated heterocycles. The van der Waals surface area contributed by atoms with Crippen molar-refractivity contribution >= 4 is 42.0 Å². The van der Waals surface area contributed by atoms with Gasteiger partial charge in [-0.2, -0.15) is 15.1 Å². The van der Waals surface area contributed by atoms with Crippen LogP contribution in [0.1, 0.15) is 19.1 Å². The summed E-state index contributed by atoms with van der Waals surface area (Å²) in [6.07, 6.45) is 1.65. The van der Waals surface area contributed by atoms with Crippen LogP contribution in [0, 0.1) is 12.3 Å². The van der Waals surface area contributed by atoms with E-state index in [1.165, 1.54) is 10.9 Å². The number of aliphatic hydroxyl groups is 2. The van der Waals surface area contributed by atoms with Crippen molar-refractivity contribution in [2.45, 2.75) is 49.5 Å². The first-order valence-corrected chi connectivity index (χ1v) is 17.6. The van der Waals surface area contributed by atoms with Crippen LogP contribution in [0.3, 0.4) is 0 Å². The fourth-order valence-corrected chi connectivity index (χ4v) is 6.48. The van der Waals surface area contributed by atoms with E-state index in [0.717, 1.165) is 6.42 Å². The fraction of sp³-hybridized carbons (Fsp3) is 0.714. The molecule has 2 aromatic rings. The van der Waals surface area contributed by atoms with Gasteiger partial charge in [0.1, 0.15) is 37.1 Å². The van der Waals surface area contributed by atoms with Crippen molar-refractivity contribution in [1.29, 1.82) is 0 Å². The number of anilines is 1. The van der Waals surface area contributed by atoms with Crippen molar-refractivity contribution in [3.63, 3.8) is 0 Å². The van der Waals surface area contributed by atoms with E-state index in [1.54, 1.807) is 0 Å². The summed E-state index contributed by atoms with van der Waals surface area (Å²) < 4.78 is 44.6. The van der Waals surface area contributed by atoms with E-state index in [1.807, 2.05) is 4.90 Å². The zero-order valence-electron chi connectivity index (χ0n) is 26.1. The molecule has 20 heteroatoms. The highest BCUT2D eigenvalue weighted by atomic mass is 35.5. The highest BCUT2D eigenvalue weighted by Crippen LogP contribution is 2.39. The maximum atomic E-state index is 13.0. The molecule has 0 saturated carbocycles. The molecule has 0 radical (unpaired) electrons. The predicted molar refractivity (Wildman–Crippen MR) is 167 cm³/mol. The predicted octanol–water partition coefficient (Wildman–Crippen LogP) is -0.870. The molecule has 0 aromatic carbocycles. The molecule has 5 heterocycles.